The number of aromatic hydroxyl groups is 2. The Morgan fingerprint density at radius 3 is 2.64 bits per heavy atom. The van der Waals surface area contributed by atoms with E-state index < -0.39 is 0 Å². The first-order valence-electron chi connectivity index (χ1n) is 8.04. The van der Waals surface area contributed by atoms with Crippen LogP contribution >= 0.6 is 0 Å². The number of aryl methyl sites for hydroxylation is 1. The first-order chi connectivity index (χ1) is 10.4. The third kappa shape index (κ3) is 2.07. The number of aliphatic hydroxyl groups is 1. The highest BCUT2D eigenvalue weighted by Crippen LogP contribution is 2.51. The molecule has 0 amide bonds. The SMILES string of the molecule is CCC(O)C1(C)CCc2c(cc(O)c3cc(O)ccc23)C1C. The lowest BCUT2D eigenvalue weighted by atomic mass is 9.62. The molecule has 0 heterocycles. The van der Waals surface area contributed by atoms with E-state index in [1.165, 1.54) is 5.56 Å². The minimum Gasteiger partial charge on any atom is -0.508 e. The summed E-state index contributed by atoms with van der Waals surface area (Å²) in [5.41, 5.74) is 2.19. The first kappa shape index (κ1) is 15.2. The molecule has 0 bridgehead atoms. The van der Waals surface area contributed by atoms with Crippen LogP contribution in [0.5, 0.6) is 11.5 Å². The zero-order chi connectivity index (χ0) is 16.1. The van der Waals surface area contributed by atoms with Gasteiger partial charge in [0.25, 0.3) is 0 Å². The molecule has 3 N–H and O–H groups in total. The van der Waals surface area contributed by atoms with Crippen molar-refractivity contribution in [3.8, 4) is 11.5 Å². The van der Waals surface area contributed by atoms with E-state index in [9.17, 15) is 15.3 Å². The van der Waals surface area contributed by atoms with Crippen LogP contribution in [-0.2, 0) is 6.42 Å². The largest absolute Gasteiger partial charge is 0.508 e. The van der Waals surface area contributed by atoms with Gasteiger partial charge in [-0.15, -0.1) is 0 Å². The van der Waals surface area contributed by atoms with Crippen molar-refractivity contribution in [1.82, 2.24) is 0 Å². The lowest BCUT2D eigenvalue weighted by molar-refractivity contribution is 0.00679. The Bertz CT molecular complexity index is 722. The van der Waals surface area contributed by atoms with Crippen LogP contribution in [0, 0.1) is 5.41 Å². The smallest absolute Gasteiger partial charge is 0.123 e. The van der Waals surface area contributed by atoms with E-state index in [2.05, 4.69) is 13.8 Å². The molecular weight excluding hydrogens is 276 g/mol. The van der Waals surface area contributed by atoms with E-state index in [0.29, 0.717) is 5.39 Å². The van der Waals surface area contributed by atoms with Crippen LogP contribution in [0.1, 0.15) is 50.7 Å². The quantitative estimate of drug-likeness (QED) is 0.783. The van der Waals surface area contributed by atoms with E-state index in [4.69, 9.17) is 0 Å². The first-order valence-corrected chi connectivity index (χ1v) is 8.04. The molecule has 3 heteroatoms. The fraction of sp³-hybridized carbons (Fsp3) is 0.474. The van der Waals surface area contributed by atoms with E-state index >= 15 is 0 Å². The predicted octanol–water partition coefficient (Wildman–Crippen LogP) is 4.08. The van der Waals surface area contributed by atoms with Gasteiger partial charge in [-0.05, 0) is 59.9 Å². The van der Waals surface area contributed by atoms with Crippen LogP contribution in [0.2, 0.25) is 0 Å². The predicted molar refractivity (Wildman–Crippen MR) is 88.4 cm³/mol. The zero-order valence-corrected chi connectivity index (χ0v) is 13.4. The molecule has 0 saturated heterocycles. The Balaban J connectivity index is 2.20. The van der Waals surface area contributed by atoms with Crippen LogP contribution in [0.25, 0.3) is 10.8 Å². The molecule has 3 nitrogen and oxygen atoms in total. The molecule has 22 heavy (non-hydrogen) atoms. The average molecular weight is 300 g/mol. The molecule has 0 saturated carbocycles. The minimum atomic E-state index is -0.340. The number of fused-ring (bicyclic) bond motifs is 3. The molecule has 0 spiro atoms. The van der Waals surface area contributed by atoms with Gasteiger partial charge in [0, 0.05) is 10.8 Å². The number of phenols is 2. The number of benzene rings is 2. The summed E-state index contributed by atoms with van der Waals surface area (Å²) in [6.45, 7) is 6.30. The summed E-state index contributed by atoms with van der Waals surface area (Å²) in [6.07, 6.45) is 2.21. The molecule has 1 aliphatic carbocycles. The molecule has 118 valence electrons. The van der Waals surface area contributed by atoms with Crippen molar-refractivity contribution >= 4 is 10.8 Å². The van der Waals surface area contributed by atoms with Gasteiger partial charge in [0.05, 0.1) is 6.10 Å². The highest BCUT2D eigenvalue weighted by atomic mass is 16.3. The van der Waals surface area contributed by atoms with Gasteiger partial charge in [0.1, 0.15) is 11.5 Å². The monoisotopic (exact) mass is 300 g/mol. The van der Waals surface area contributed by atoms with Crippen LogP contribution < -0.4 is 0 Å². The van der Waals surface area contributed by atoms with Gasteiger partial charge < -0.3 is 15.3 Å². The van der Waals surface area contributed by atoms with Crippen molar-refractivity contribution in [3.05, 3.63) is 35.4 Å². The van der Waals surface area contributed by atoms with Gasteiger partial charge in [0.15, 0.2) is 0 Å². The molecule has 0 radical (unpaired) electrons. The zero-order valence-electron chi connectivity index (χ0n) is 13.4. The molecular formula is C19H24O3. The van der Waals surface area contributed by atoms with Crippen molar-refractivity contribution in [2.75, 3.05) is 0 Å². The van der Waals surface area contributed by atoms with Gasteiger partial charge in [0.2, 0.25) is 0 Å². The molecule has 3 atom stereocenters. The molecule has 0 fully saturated rings. The molecule has 3 rings (SSSR count). The van der Waals surface area contributed by atoms with Crippen molar-refractivity contribution < 1.29 is 15.3 Å². The number of hydrogen-bond acceptors (Lipinski definition) is 3. The maximum atomic E-state index is 10.5. The summed E-state index contributed by atoms with van der Waals surface area (Å²) >= 11 is 0. The van der Waals surface area contributed by atoms with E-state index in [1.54, 1.807) is 12.1 Å². The van der Waals surface area contributed by atoms with Crippen LogP contribution in [0.15, 0.2) is 24.3 Å². The Hall–Kier alpha value is -1.74. The number of rotatable bonds is 2. The summed E-state index contributed by atoms with van der Waals surface area (Å²) in [5, 5.41) is 32.2. The van der Waals surface area contributed by atoms with Gasteiger partial charge in [-0.2, -0.15) is 0 Å². The minimum absolute atomic E-state index is 0.165. The molecule has 0 aliphatic heterocycles. The Morgan fingerprint density at radius 1 is 1.23 bits per heavy atom. The second-order valence-electron chi connectivity index (χ2n) is 6.84. The van der Waals surface area contributed by atoms with E-state index in [-0.39, 0.29) is 28.9 Å². The van der Waals surface area contributed by atoms with Gasteiger partial charge >= 0.3 is 0 Å². The maximum absolute atomic E-state index is 10.5. The topological polar surface area (TPSA) is 60.7 Å². The lowest BCUT2D eigenvalue weighted by Gasteiger charge is -2.44. The Labute approximate surface area is 131 Å². The van der Waals surface area contributed by atoms with Crippen molar-refractivity contribution in [2.45, 2.75) is 52.1 Å². The average Bonchev–Trinajstić information content (AvgIpc) is 2.51. The number of aliphatic hydroxyl groups excluding tert-OH is 1. The van der Waals surface area contributed by atoms with Crippen LogP contribution in [0.4, 0.5) is 0 Å². The number of phenolic OH excluding ortho intramolecular Hbond substituents is 2. The summed E-state index contributed by atoms with van der Waals surface area (Å²) in [5.74, 6) is 0.542. The van der Waals surface area contributed by atoms with Gasteiger partial charge in [-0.3, -0.25) is 0 Å². The molecule has 3 unspecified atom stereocenters. The third-order valence-electron chi connectivity index (χ3n) is 5.76. The van der Waals surface area contributed by atoms with Crippen molar-refractivity contribution in [1.29, 1.82) is 0 Å². The second-order valence-corrected chi connectivity index (χ2v) is 6.84. The van der Waals surface area contributed by atoms with Gasteiger partial charge in [-0.1, -0.05) is 26.8 Å². The fourth-order valence-corrected chi connectivity index (χ4v) is 4.03. The lowest BCUT2D eigenvalue weighted by Crippen LogP contribution is -2.40. The molecule has 1 aliphatic rings. The van der Waals surface area contributed by atoms with E-state index in [1.807, 2.05) is 19.1 Å². The summed E-state index contributed by atoms with van der Waals surface area (Å²) < 4.78 is 0. The third-order valence-corrected chi connectivity index (χ3v) is 5.76. The van der Waals surface area contributed by atoms with Crippen LogP contribution in [-0.4, -0.2) is 21.4 Å². The summed E-state index contributed by atoms with van der Waals surface area (Å²) in [7, 11) is 0. The van der Waals surface area contributed by atoms with Crippen LogP contribution in [0.3, 0.4) is 0 Å². The summed E-state index contributed by atoms with van der Waals surface area (Å²) in [6, 6.07) is 6.99. The molecule has 2 aromatic rings. The standard InChI is InChI=1S/C19H24O3/c1-4-18(22)19(3)8-7-14-13-6-5-12(20)9-16(13)17(21)10-15(14)11(19)2/h5-6,9-11,18,20-22H,4,7-8H2,1-3H3. The van der Waals surface area contributed by atoms with Crippen molar-refractivity contribution in [2.24, 2.45) is 5.41 Å². The second kappa shape index (κ2) is 5.17. The van der Waals surface area contributed by atoms with Crippen molar-refractivity contribution in [3.63, 3.8) is 0 Å². The highest BCUT2D eigenvalue weighted by molar-refractivity contribution is 5.93. The van der Waals surface area contributed by atoms with E-state index in [0.717, 1.165) is 30.2 Å². The normalized spacial score (nSPS) is 25.9. The molecule has 2 aromatic carbocycles. The maximum Gasteiger partial charge on any atom is 0.123 e. The number of hydrogen-bond donors (Lipinski definition) is 3. The fourth-order valence-electron chi connectivity index (χ4n) is 4.03. The Kier molecular flexibility index (Phi) is 3.56. The summed E-state index contributed by atoms with van der Waals surface area (Å²) in [4.78, 5) is 0. The highest BCUT2D eigenvalue weighted by Gasteiger charge is 2.42. The Morgan fingerprint density at radius 2 is 1.95 bits per heavy atom. The molecule has 0 aromatic heterocycles. The van der Waals surface area contributed by atoms with Gasteiger partial charge in [-0.25, -0.2) is 0 Å².